The SMILES string of the molecule is CC1OCCC1C(=O)NC1COCC1C(=O)O. The van der Waals surface area contributed by atoms with E-state index in [0.29, 0.717) is 13.0 Å². The van der Waals surface area contributed by atoms with Gasteiger partial charge in [-0.05, 0) is 13.3 Å². The van der Waals surface area contributed by atoms with Crippen LogP contribution < -0.4 is 5.32 Å². The highest BCUT2D eigenvalue weighted by atomic mass is 16.5. The van der Waals surface area contributed by atoms with Crippen molar-refractivity contribution in [3.05, 3.63) is 0 Å². The summed E-state index contributed by atoms with van der Waals surface area (Å²) < 4.78 is 10.4. The Morgan fingerprint density at radius 3 is 2.65 bits per heavy atom. The maximum atomic E-state index is 11.9. The Balaban J connectivity index is 1.91. The lowest BCUT2D eigenvalue weighted by Crippen LogP contribution is -2.46. The largest absolute Gasteiger partial charge is 0.481 e. The van der Waals surface area contributed by atoms with Crippen molar-refractivity contribution in [2.45, 2.75) is 25.5 Å². The summed E-state index contributed by atoms with van der Waals surface area (Å²) in [6.45, 7) is 2.88. The summed E-state index contributed by atoms with van der Waals surface area (Å²) >= 11 is 0. The molecule has 2 aliphatic heterocycles. The van der Waals surface area contributed by atoms with Crippen LogP contribution in [0.1, 0.15) is 13.3 Å². The zero-order valence-corrected chi connectivity index (χ0v) is 9.72. The molecule has 2 heterocycles. The van der Waals surface area contributed by atoms with Crippen LogP contribution in [-0.2, 0) is 19.1 Å². The molecule has 96 valence electrons. The molecule has 2 N–H and O–H groups in total. The Kier molecular flexibility index (Phi) is 3.63. The van der Waals surface area contributed by atoms with Crippen LogP contribution in [-0.4, -0.2) is 48.9 Å². The van der Waals surface area contributed by atoms with Crippen molar-refractivity contribution in [2.24, 2.45) is 11.8 Å². The Hall–Kier alpha value is -1.14. The fourth-order valence-corrected chi connectivity index (χ4v) is 2.31. The van der Waals surface area contributed by atoms with Gasteiger partial charge >= 0.3 is 5.97 Å². The highest BCUT2D eigenvalue weighted by Crippen LogP contribution is 2.22. The number of hydrogen-bond donors (Lipinski definition) is 2. The number of nitrogens with one attached hydrogen (secondary N) is 1. The van der Waals surface area contributed by atoms with Gasteiger partial charge in [0.1, 0.15) is 5.92 Å². The monoisotopic (exact) mass is 243 g/mol. The average Bonchev–Trinajstić information content (AvgIpc) is 2.86. The van der Waals surface area contributed by atoms with Gasteiger partial charge in [-0.1, -0.05) is 0 Å². The van der Waals surface area contributed by atoms with E-state index in [1.807, 2.05) is 6.92 Å². The highest BCUT2D eigenvalue weighted by molar-refractivity contribution is 5.81. The van der Waals surface area contributed by atoms with Crippen molar-refractivity contribution >= 4 is 11.9 Å². The molecule has 6 heteroatoms. The minimum Gasteiger partial charge on any atom is -0.481 e. The molecule has 17 heavy (non-hydrogen) atoms. The van der Waals surface area contributed by atoms with Gasteiger partial charge in [0, 0.05) is 6.61 Å². The number of amides is 1. The fraction of sp³-hybridized carbons (Fsp3) is 0.818. The molecule has 0 radical (unpaired) electrons. The molecule has 0 bridgehead atoms. The molecule has 1 amide bonds. The van der Waals surface area contributed by atoms with E-state index in [0.717, 1.165) is 0 Å². The van der Waals surface area contributed by atoms with Gasteiger partial charge in [-0.2, -0.15) is 0 Å². The summed E-state index contributed by atoms with van der Waals surface area (Å²) in [5.74, 6) is -1.87. The Bertz CT molecular complexity index is 319. The summed E-state index contributed by atoms with van der Waals surface area (Å²) in [5.41, 5.74) is 0. The number of carboxylic acids is 1. The number of rotatable bonds is 3. The number of ether oxygens (including phenoxy) is 2. The van der Waals surface area contributed by atoms with Gasteiger partial charge in [-0.15, -0.1) is 0 Å². The molecule has 2 saturated heterocycles. The van der Waals surface area contributed by atoms with Crippen molar-refractivity contribution in [2.75, 3.05) is 19.8 Å². The van der Waals surface area contributed by atoms with Crippen LogP contribution in [0, 0.1) is 11.8 Å². The van der Waals surface area contributed by atoms with Crippen LogP contribution in [0.25, 0.3) is 0 Å². The summed E-state index contributed by atoms with van der Waals surface area (Å²) in [6.07, 6.45) is 0.596. The van der Waals surface area contributed by atoms with Crippen LogP contribution in [0.2, 0.25) is 0 Å². The van der Waals surface area contributed by atoms with Crippen molar-refractivity contribution < 1.29 is 24.2 Å². The maximum Gasteiger partial charge on any atom is 0.311 e. The minimum absolute atomic E-state index is 0.0967. The topological polar surface area (TPSA) is 84.9 Å². The van der Waals surface area contributed by atoms with Crippen LogP contribution in [0.15, 0.2) is 0 Å². The van der Waals surface area contributed by atoms with Crippen molar-refractivity contribution in [3.63, 3.8) is 0 Å². The molecular weight excluding hydrogens is 226 g/mol. The lowest BCUT2D eigenvalue weighted by Gasteiger charge is -2.19. The lowest BCUT2D eigenvalue weighted by molar-refractivity contribution is -0.142. The van der Waals surface area contributed by atoms with E-state index in [2.05, 4.69) is 5.32 Å². The van der Waals surface area contributed by atoms with Crippen molar-refractivity contribution in [1.82, 2.24) is 5.32 Å². The van der Waals surface area contributed by atoms with Gasteiger partial charge in [0.2, 0.25) is 5.91 Å². The number of aliphatic carboxylic acids is 1. The maximum absolute atomic E-state index is 11.9. The molecule has 4 unspecified atom stereocenters. The zero-order chi connectivity index (χ0) is 12.4. The van der Waals surface area contributed by atoms with E-state index in [1.165, 1.54) is 0 Å². The molecule has 0 aromatic carbocycles. The summed E-state index contributed by atoms with van der Waals surface area (Å²) in [7, 11) is 0. The third-order valence-corrected chi connectivity index (χ3v) is 3.44. The van der Waals surface area contributed by atoms with Gasteiger partial charge in [0.15, 0.2) is 0 Å². The molecule has 2 fully saturated rings. The molecule has 0 aromatic heterocycles. The predicted molar refractivity (Wildman–Crippen MR) is 57.4 cm³/mol. The van der Waals surface area contributed by atoms with E-state index < -0.39 is 17.9 Å². The number of carboxylic acid groups (broad SMARTS) is 1. The molecule has 0 aromatic rings. The van der Waals surface area contributed by atoms with E-state index >= 15 is 0 Å². The van der Waals surface area contributed by atoms with E-state index in [4.69, 9.17) is 14.6 Å². The number of hydrogen-bond acceptors (Lipinski definition) is 4. The molecule has 2 rings (SSSR count). The third-order valence-electron chi connectivity index (χ3n) is 3.44. The molecule has 0 aliphatic carbocycles. The molecule has 6 nitrogen and oxygen atoms in total. The first kappa shape index (κ1) is 12.3. The van der Waals surface area contributed by atoms with E-state index in [9.17, 15) is 9.59 Å². The van der Waals surface area contributed by atoms with Gasteiger partial charge in [0.05, 0.1) is 31.3 Å². The van der Waals surface area contributed by atoms with Crippen LogP contribution in [0.3, 0.4) is 0 Å². The van der Waals surface area contributed by atoms with Gasteiger partial charge in [-0.3, -0.25) is 9.59 Å². The summed E-state index contributed by atoms with van der Waals surface area (Å²) in [6, 6.07) is -0.423. The van der Waals surface area contributed by atoms with E-state index in [-0.39, 0.29) is 31.1 Å². The fourth-order valence-electron chi connectivity index (χ4n) is 2.31. The zero-order valence-electron chi connectivity index (χ0n) is 9.72. The van der Waals surface area contributed by atoms with Crippen molar-refractivity contribution in [1.29, 1.82) is 0 Å². The first-order valence-electron chi connectivity index (χ1n) is 5.82. The van der Waals surface area contributed by atoms with E-state index in [1.54, 1.807) is 0 Å². The smallest absolute Gasteiger partial charge is 0.311 e. The van der Waals surface area contributed by atoms with Gasteiger partial charge in [0.25, 0.3) is 0 Å². The minimum atomic E-state index is -0.927. The highest BCUT2D eigenvalue weighted by Gasteiger charge is 2.38. The average molecular weight is 243 g/mol. The Morgan fingerprint density at radius 1 is 1.29 bits per heavy atom. The van der Waals surface area contributed by atoms with Crippen molar-refractivity contribution in [3.8, 4) is 0 Å². The predicted octanol–water partition coefficient (Wildman–Crippen LogP) is -0.373. The Morgan fingerprint density at radius 2 is 2.06 bits per heavy atom. The second kappa shape index (κ2) is 5.01. The standard InChI is InChI=1S/C11H17NO5/c1-6-7(2-3-17-6)10(13)12-9-5-16-4-8(9)11(14)15/h6-9H,2-5H2,1H3,(H,12,13)(H,14,15). The lowest BCUT2D eigenvalue weighted by atomic mass is 9.99. The molecule has 0 saturated carbocycles. The second-order valence-electron chi connectivity index (χ2n) is 4.57. The molecule has 0 spiro atoms. The van der Waals surface area contributed by atoms with Crippen LogP contribution in [0.5, 0.6) is 0 Å². The Labute approximate surface area is 99.3 Å². The first-order chi connectivity index (χ1) is 8.09. The number of carbonyl (C=O) groups is 2. The normalized spacial score (nSPS) is 37.0. The second-order valence-corrected chi connectivity index (χ2v) is 4.57. The first-order valence-corrected chi connectivity index (χ1v) is 5.82. The van der Waals surface area contributed by atoms with Gasteiger partial charge < -0.3 is 19.9 Å². The molecular formula is C11H17NO5. The third kappa shape index (κ3) is 2.58. The number of carbonyl (C=O) groups excluding carboxylic acids is 1. The van der Waals surface area contributed by atoms with Gasteiger partial charge in [-0.25, -0.2) is 0 Å². The quantitative estimate of drug-likeness (QED) is 0.706. The molecule has 4 atom stereocenters. The van der Waals surface area contributed by atoms with Crippen LogP contribution in [0.4, 0.5) is 0 Å². The summed E-state index contributed by atoms with van der Waals surface area (Å²) in [4.78, 5) is 22.9. The van der Waals surface area contributed by atoms with Crippen LogP contribution >= 0.6 is 0 Å². The summed E-state index contributed by atoms with van der Waals surface area (Å²) in [5, 5.41) is 11.7. The molecule has 2 aliphatic rings.